The summed E-state index contributed by atoms with van der Waals surface area (Å²) in [6.45, 7) is 3.93. The Bertz CT molecular complexity index is 1500. The first kappa shape index (κ1) is 22.0. The van der Waals surface area contributed by atoms with Crippen LogP contribution in [0.4, 0.5) is 5.69 Å². The zero-order valence-corrected chi connectivity index (χ0v) is 19.8. The fourth-order valence-corrected chi connectivity index (χ4v) is 4.76. The average Bonchev–Trinajstić information content (AvgIpc) is 3.29. The van der Waals surface area contributed by atoms with E-state index in [1.54, 1.807) is 30.3 Å². The predicted molar refractivity (Wildman–Crippen MR) is 135 cm³/mol. The van der Waals surface area contributed by atoms with E-state index >= 15 is 0 Å². The Morgan fingerprint density at radius 2 is 1.65 bits per heavy atom. The molecule has 1 aliphatic rings. The smallest absolute Gasteiger partial charge is 0.300 e. The number of aliphatic hydroxyl groups excluding tert-OH is 1. The summed E-state index contributed by atoms with van der Waals surface area (Å²) >= 11 is 6.08. The minimum absolute atomic E-state index is 0.0690. The molecule has 5 nitrogen and oxygen atoms in total. The van der Waals surface area contributed by atoms with E-state index in [1.807, 2.05) is 68.1 Å². The van der Waals surface area contributed by atoms with Crippen LogP contribution in [0, 0.1) is 13.8 Å². The minimum Gasteiger partial charge on any atom is -0.507 e. The van der Waals surface area contributed by atoms with Gasteiger partial charge >= 0.3 is 0 Å². The zero-order chi connectivity index (χ0) is 24.1. The standard InChI is InChI=1S/C28H23ClN2O3/c1-16-8-9-18(14-17(16)2)26(32)24-25(22-15-30(3)23-7-5-4-6-21(22)23)31(28(34)27(24)33)20-12-10-19(29)11-13-20/h4-15,25,32H,1-3H3/b26-24+. The van der Waals surface area contributed by atoms with Crippen molar-refractivity contribution in [1.82, 2.24) is 4.57 Å². The molecule has 0 spiro atoms. The van der Waals surface area contributed by atoms with Gasteiger partial charge in [-0.25, -0.2) is 0 Å². The number of hydrogen-bond donors (Lipinski definition) is 1. The third-order valence-corrected chi connectivity index (χ3v) is 6.80. The molecule has 6 heteroatoms. The monoisotopic (exact) mass is 470 g/mol. The van der Waals surface area contributed by atoms with Crippen LogP contribution in [0.25, 0.3) is 16.7 Å². The normalized spacial score (nSPS) is 17.6. The summed E-state index contributed by atoms with van der Waals surface area (Å²) in [5, 5.41) is 12.8. The lowest BCUT2D eigenvalue weighted by molar-refractivity contribution is -0.132. The number of carbonyl (C=O) groups is 2. The van der Waals surface area contributed by atoms with Gasteiger partial charge in [0.15, 0.2) is 0 Å². The second-order valence-corrected chi connectivity index (χ2v) is 9.09. The number of hydrogen-bond acceptors (Lipinski definition) is 3. The molecule has 34 heavy (non-hydrogen) atoms. The van der Waals surface area contributed by atoms with Crippen molar-refractivity contribution in [3.63, 3.8) is 0 Å². The lowest BCUT2D eigenvalue weighted by Crippen LogP contribution is -2.29. The number of carbonyl (C=O) groups excluding carboxylic acids is 2. The van der Waals surface area contributed by atoms with Gasteiger partial charge in [0, 0.05) is 46.0 Å². The van der Waals surface area contributed by atoms with Gasteiger partial charge in [-0.2, -0.15) is 0 Å². The largest absolute Gasteiger partial charge is 0.507 e. The quantitative estimate of drug-likeness (QED) is 0.224. The van der Waals surface area contributed by atoms with Crippen LogP contribution in [-0.4, -0.2) is 21.4 Å². The second-order valence-electron chi connectivity index (χ2n) is 8.66. The van der Waals surface area contributed by atoms with Crippen molar-refractivity contribution >= 4 is 45.6 Å². The summed E-state index contributed by atoms with van der Waals surface area (Å²) in [6, 6.07) is 19.3. The fourth-order valence-electron chi connectivity index (χ4n) is 4.63. The Hall–Kier alpha value is -3.83. The summed E-state index contributed by atoms with van der Waals surface area (Å²) in [7, 11) is 1.92. The topological polar surface area (TPSA) is 62.5 Å². The van der Waals surface area contributed by atoms with E-state index in [9.17, 15) is 14.7 Å². The van der Waals surface area contributed by atoms with E-state index in [1.165, 1.54) is 4.90 Å². The van der Waals surface area contributed by atoms with Gasteiger partial charge in [0.25, 0.3) is 11.7 Å². The van der Waals surface area contributed by atoms with Crippen molar-refractivity contribution < 1.29 is 14.7 Å². The number of aromatic nitrogens is 1. The molecule has 0 radical (unpaired) electrons. The lowest BCUT2D eigenvalue weighted by Gasteiger charge is -2.25. The Labute approximate surface area is 202 Å². The maximum Gasteiger partial charge on any atom is 0.300 e. The molecule has 1 unspecified atom stereocenters. The fraction of sp³-hybridized carbons (Fsp3) is 0.143. The van der Waals surface area contributed by atoms with Crippen molar-refractivity contribution in [2.75, 3.05) is 4.90 Å². The number of fused-ring (bicyclic) bond motifs is 1. The van der Waals surface area contributed by atoms with Gasteiger partial charge in [0.05, 0.1) is 11.6 Å². The highest BCUT2D eigenvalue weighted by Gasteiger charge is 2.47. The Balaban J connectivity index is 1.80. The van der Waals surface area contributed by atoms with E-state index in [4.69, 9.17) is 11.6 Å². The van der Waals surface area contributed by atoms with Crippen LogP contribution < -0.4 is 4.90 Å². The molecule has 1 saturated heterocycles. The summed E-state index contributed by atoms with van der Waals surface area (Å²) < 4.78 is 1.96. The van der Waals surface area contributed by atoms with Crippen molar-refractivity contribution in [1.29, 1.82) is 0 Å². The number of anilines is 1. The summed E-state index contributed by atoms with van der Waals surface area (Å²) in [5.41, 5.74) is 4.88. The Kier molecular flexibility index (Phi) is 5.29. The number of amides is 1. The lowest BCUT2D eigenvalue weighted by atomic mass is 9.94. The van der Waals surface area contributed by atoms with Crippen molar-refractivity contribution in [3.8, 4) is 0 Å². The number of Topliss-reactive ketones (excluding diaryl/α,β-unsaturated/α-hetero) is 1. The Morgan fingerprint density at radius 1 is 0.941 bits per heavy atom. The van der Waals surface area contributed by atoms with Gasteiger partial charge in [-0.3, -0.25) is 14.5 Å². The van der Waals surface area contributed by atoms with Gasteiger partial charge in [-0.05, 0) is 61.4 Å². The molecular formula is C28H23ClN2O3. The number of halogens is 1. The number of rotatable bonds is 3. The molecule has 0 saturated carbocycles. The molecular weight excluding hydrogens is 448 g/mol. The van der Waals surface area contributed by atoms with Crippen LogP contribution in [-0.2, 0) is 16.6 Å². The SMILES string of the molecule is Cc1ccc(/C(O)=C2\C(=O)C(=O)N(c3ccc(Cl)cc3)C2c2cn(C)c3ccccc23)cc1C. The number of nitrogens with zero attached hydrogens (tertiary/aromatic N) is 2. The third kappa shape index (κ3) is 3.40. The van der Waals surface area contributed by atoms with Gasteiger partial charge in [-0.1, -0.05) is 41.9 Å². The van der Waals surface area contributed by atoms with Crippen LogP contribution >= 0.6 is 11.6 Å². The highest BCUT2D eigenvalue weighted by atomic mass is 35.5. The predicted octanol–water partition coefficient (Wildman–Crippen LogP) is 6.07. The third-order valence-electron chi connectivity index (χ3n) is 6.55. The average molecular weight is 471 g/mol. The van der Waals surface area contributed by atoms with Gasteiger partial charge in [0.2, 0.25) is 0 Å². The molecule has 5 rings (SSSR count). The molecule has 1 atom stereocenters. The first-order chi connectivity index (χ1) is 16.3. The molecule has 2 heterocycles. The second kappa shape index (κ2) is 8.19. The van der Waals surface area contributed by atoms with Crippen molar-refractivity contribution in [3.05, 3.63) is 106 Å². The zero-order valence-electron chi connectivity index (χ0n) is 19.0. The molecule has 4 aromatic rings. The maximum atomic E-state index is 13.4. The molecule has 1 fully saturated rings. The molecule has 1 aliphatic heterocycles. The summed E-state index contributed by atoms with van der Waals surface area (Å²) in [5.74, 6) is -1.59. The summed E-state index contributed by atoms with van der Waals surface area (Å²) in [6.07, 6.45) is 1.91. The highest BCUT2D eigenvalue weighted by Crippen LogP contribution is 2.44. The molecule has 1 aromatic heterocycles. The van der Waals surface area contributed by atoms with Crippen LogP contribution in [0.5, 0.6) is 0 Å². The highest BCUT2D eigenvalue weighted by molar-refractivity contribution is 6.52. The van der Waals surface area contributed by atoms with E-state index in [-0.39, 0.29) is 11.3 Å². The molecule has 1 amide bonds. The van der Waals surface area contributed by atoms with E-state index in [2.05, 4.69) is 0 Å². The van der Waals surface area contributed by atoms with Gasteiger partial charge in [-0.15, -0.1) is 0 Å². The van der Waals surface area contributed by atoms with Crippen LogP contribution in [0.3, 0.4) is 0 Å². The van der Waals surface area contributed by atoms with Crippen molar-refractivity contribution in [2.45, 2.75) is 19.9 Å². The van der Waals surface area contributed by atoms with Gasteiger partial charge in [0.1, 0.15) is 5.76 Å². The van der Waals surface area contributed by atoms with Crippen molar-refractivity contribution in [2.24, 2.45) is 7.05 Å². The van der Waals surface area contributed by atoms with Crippen LogP contribution in [0.2, 0.25) is 5.02 Å². The van der Waals surface area contributed by atoms with E-state index in [0.29, 0.717) is 16.3 Å². The van der Waals surface area contributed by atoms with Crippen LogP contribution in [0.15, 0.2) is 78.5 Å². The molecule has 1 N–H and O–H groups in total. The number of para-hydroxylation sites is 1. The van der Waals surface area contributed by atoms with E-state index < -0.39 is 17.7 Å². The molecule has 170 valence electrons. The molecule has 0 bridgehead atoms. The number of aliphatic hydroxyl groups is 1. The first-order valence-electron chi connectivity index (χ1n) is 11.0. The number of aryl methyl sites for hydroxylation is 3. The Morgan fingerprint density at radius 3 is 2.35 bits per heavy atom. The number of benzene rings is 3. The van der Waals surface area contributed by atoms with Crippen LogP contribution in [0.1, 0.15) is 28.3 Å². The minimum atomic E-state index is -0.797. The number of ketones is 1. The maximum absolute atomic E-state index is 13.4. The summed E-state index contributed by atoms with van der Waals surface area (Å²) in [4.78, 5) is 28.2. The first-order valence-corrected chi connectivity index (χ1v) is 11.3. The van der Waals surface area contributed by atoms with E-state index in [0.717, 1.165) is 27.6 Å². The molecule has 3 aromatic carbocycles. The molecule has 0 aliphatic carbocycles. The van der Waals surface area contributed by atoms with Gasteiger partial charge < -0.3 is 9.67 Å².